The number of thiophene rings is 1. The first-order chi connectivity index (χ1) is 11.5. The van der Waals surface area contributed by atoms with Crippen molar-refractivity contribution >= 4 is 51.1 Å². The lowest BCUT2D eigenvalue weighted by atomic mass is 10.3. The van der Waals surface area contributed by atoms with Crippen LogP contribution in [0.3, 0.4) is 0 Å². The van der Waals surface area contributed by atoms with E-state index in [9.17, 15) is 8.42 Å². The summed E-state index contributed by atoms with van der Waals surface area (Å²) in [5.74, 6) is 1.47. The third-order valence-corrected chi connectivity index (χ3v) is 6.63. The Bertz CT molecular complexity index is 606. The molecule has 0 unspecified atom stereocenters. The average molecular weight is 500 g/mol. The Balaban J connectivity index is 0.00000312. The second-order valence-electron chi connectivity index (χ2n) is 5.98. The quantitative estimate of drug-likeness (QED) is 0.350. The molecule has 0 spiro atoms. The minimum atomic E-state index is -2.81. The summed E-state index contributed by atoms with van der Waals surface area (Å²) in [6.45, 7) is 6.58. The maximum absolute atomic E-state index is 11.5. The molecule has 9 heteroatoms. The maximum atomic E-state index is 11.5. The molecule has 1 aromatic heterocycles. The zero-order valence-electron chi connectivity index (χ0n) is 15.0. The van der Waals surface area contributed by atoms with Crippen molar-refractivity contribution in [3.8, 4) is 0 Å². The van der Waals surface area contributed by atoms with Crippen LogP contribution in [-0.2, 0) is 16.3 Å². The number of hydrogen-bond acceptors (Lipinski definition) is 5. The lowest BCUT2D eigenvalue weighted by molar-refractivity contribution is 0.303. The molecule has 1 saturated heterocycles. The average Bonchev–Trinajstić information content (AvgIpc) is 3.07. The number of likely N-dealkylation sites (N-methyl/N-ethyl adjacent to an activating group) is 1. The molecule has 1 aromatic rings. The highest BCUT2D eigenvalue weighted by atomic mass is 127. The molecule has 1 N–H and O–H groups in total. The highest BCUT2D eigenvalue weighted by molar-refractivity contribution is 14.0. The molecule has 1 aliphatic rings. The smallest absolute Gasteiger partial charge is 0.193 e. The number of rotatable bonds is 7. The van der Waals surface area contributed by atoms with Crippen molar-refractivity contribution in [1.82, 2.24) is 15.1 Å². The Hall–Kier alpha value is -0.390. The van der Waals surface area contributed by atoms with E-state index in [1.807, 2.05) is 0 Å². The lowest BCUT2D eigenvalue weighted by Gasteiger charge is -2.26. The summed E-state index contributed by atoms with van der Waals surface area (Å²) in [6, 6.07) is 4.24. The van der Waals surface area contributed by atoms with E-state index in [0.717, 1.165) is 32.0 Å². The third-order valence-electron chi connectivity index (χ3n) is 4.09. The van der Waals surface area contributed by atoms with Crippen molar-refractivity contribution in [1.29, 1.82) is 0 Å². The predicted octanol–water partition coefficient (Wildman–Crippen LogP) is 1.54. The summed E-state index contributed by atoms with van der Waals surface area (Å²) in [7, 11) is -0.747. The molecule has 0 saturated carbocycles. The number of aliphatic imine (C=N–C) groups is 1. The second kappa shape index (κ2) is 11.3. The van der Waals surface area contributed by atoms with Crippen LogP contribution < -0.4 is 5.32 Å². The molecule has 0 bridgehead atoms. The molecule has 0 aromatic carbocycles. The van der Waals surface area contributed by atoms with Crippen LogP contribution in [0.15, 0.2) is 22.5 Å². The molecule has 25 heavy (non-hydrogen) atoms. The third kappa shape index (κ3) is 8.23. The van der Waals surface area contributed by atoms with E-state index in [2.05, 4.69) is 51.6 Å². The topological polar surface area (TPSA) is 65.0 Å². The van der Waals surface area contributed by atoms with Crippen LogP contribution in [0.1, 0.15) is 11.8 Å². The van der Waals surface area contributed by atoms with E-state index in [1.165, 1.54) is 4.88 Å². The van der Waals surface area contributed by atoms with Crippen molar-refractivity contribution in [3.63, 3.8) is 0 Å². The molecule has 1 fully saturated rings. The molecule has 144 valence electrons. The number of halogens is 1. The van der Waals surface area contributed by atoms with Crippen molar-refractivity contribution in [2.45, 2.75) is 13.3 Å². The van der Waals surface area contributed by atoms with E-state index < -0.39 is 9.84 Å². The van der Waals surface area contributed by atoms with Crippen molar-refractivity contribution in [2.75, 3.05) is 57.8 Å². The second-order valence-corrected chi connectivity index (χ2v) is 9.32. The lowest BCUT2D eigenvalue weighted by Crippen LogP contribution is -2.42. The van der Waals surface area contributed by atoms with Crippen LogP contribution in [0.4, 0.5) is 0 Å². The van der Waals surface area contributed by atoms with Crippen LogP contribution in [0.5, 0.6) is 0 Å². The number of sulfone groups is 1. The fourth-order valence-electron chi connectivity index (χ4n) is 2.58. The Kier molecular flexibility index (Phi) is 10.3. The fraction of sp³-hybridized carbons (Fsp3) is 0.688. The van der Waals surface area contributed by atoms with Gasteiger partial charge in [0.05, 0.1) is 18.1 Å². The Labute approximate surface area is 172 Å². The van der Waals surface area contributed by atoms with Gasteiger partial charge in [-0.05, 0) is 24.8 Å². The van der Waals surface area contributed by atoms with Gasteiger partial charge in [-0.1, -0.05) is 6.07 Å². The fourth-order valence-corrected chi connectivity index (χ4v) is 4.55. The highest BCUT2D eigenvalue weighted by Gasteiger charge is 2.20. The largest absolute Gasteiger partial charge is 0.357 e. The SMILES string of the molecule is CCNC(=NCCN1CCS(=O)(=O)CC1)N(C)CCc1cccs1.I. The zero-order chi connectivity index (χ0) is 17.4. The van der Waals surface area contributed by atoms with E-state index in [4.69, 9.17) is 0 Å². The monoisotopic (exact) mass is 500 g/mol. The van der Waals surface area contributed by atoms with Gasteiger partial charge in [0.25, 0.3) is 0 Å². The molecule has 2 heterocycles. The van der Waals surface area contributed by atoms with Crippen molar-refractivity contribution in [3.05, 3.63) is 22.4 Å². The van der Waals surface area contributed by atoms with Crippen LogP contribution in [0.25, 0.3) is 0 Å². The molecular formula is C16H29IN4O2S2. The maximum Gasteiger partial charge on any atom is 0.193 e. The van der Waals surface area contributed by atoms with E-state index in [-0.39, 0.29) is 35.5 Å². The van der Waals surface area contributed by atoms with Gasteiger partial charge in [-0.25, -0.2) is 8.42 Å². The minimum Gasteiger partial charge on any atom is -0.357 e. The number of nitrogens with zero attached hydrogens (tertiary/aromatic N) is 3. The Morgan fingerprint density at radius 1 is 1.40 bits per heavy atom. The van der Waals surface area contributed by atoms with Gasteiger partial charge in [-0.2, -0.15) is 0 Å². The van der Waals surface area contributed by atoms with Crippen molar-refractivity contribution < 1.29 is 8.42 Å². The van der Waals surface area contributed by atoms with E-state index in [0.29, 0.717) is 19.6 Å². The predicted molar refractivity (Wildman–Crippen MR) is 117 cm³/mol. The first kappa shape index (κ1) is 22.7. The molecule has 6 nitrogen and oxygen atoms in total. The number of guanidine groups is 1. The van der Waals surface area contributed by atoms with Gasteiger partial charge in [-0.3, -0.25) is 9.89 Å². The normalized spacial score (nSPS) is 17.8. The summed E-state index contributed by atoms with van der Waals surface area (Å²) in [5.41, 5.74) is 0. The summed E-state index contributed by atoms with van der Waals surface area (Å²) >= 11 is 1.78. The molecule has 0 radical (unpaired) electrons. The van der Waals surface area contributed by atoms with Gasteiger partial charge < -0.3 is 10.2 Å². The summed E-state index contributed by atoms with van der Waals surface area (Å²) in [5, 5.41) is 5.43. The van der Waals surface area contributed by atoms with Crippen LogP contribution >= 0.6 is 35.3 Å². The van der Waals surface area contributed by atoms with Crippen molar-refractivity contribution in [2.24, 2.45) is 4.99 Å². The summed E-state index contributed by atoms with van der Waals surface area (Å²) < 4.78 is 22.9. The number of nitrogens with one attached hydrogen (secondary N) is 1. The minimum absolute atomic E-state index is 0. The van der Waals surface area contributed by atoms with Gasteiger partial charge in [-0.15, -0.1) is 35.3 Å². The van der Waals surface area contributed by atoms with E-state index in [1.54, 1.807) is 11.3 Å². The van der Waals surface area contributed by atoms with Gasteiger partial charge in [0.2, 0.25) is 0 Å². The standard InChI is InChI=1S/C16H28N4O2S2.HI/c1-3-17-16(19(2)8-6-15-5-4-12-23-15)18-7-9-20-10-13-24(21,22)14-11-20;/h4-5,12H,3,6-11,13-14H2,1-2H3,(H,17,18);1H. The molecule has 2 rings (SSSR count). The first-order valence-electron chi connectivity index (χ1n) is 8.45. The molecule has 0 aliphatic carbocycles. The Morgan fingerprint density at radius 2 is 2.12 bits per heavy atom. The first-order valence-corrected chi connectivity index (χ1v) is 11.1. The van der Waals surface area contributed by atoms with Gasteiger partial charge >= 0.3 is 0 Å². The molecule has 0 atom stereocenters. The molecule has 0 amide bonds. The summed E-state index contributed by atoms with van der Waals surface area (Å²) in [6.07, 6.45) is 1.02. The van der Waals surface area contributed by atoms with Gasteiger partial charge in [0, 0.05) is 44.6 Å². The van der Waals surface area contributed by atoms with Crippen LogP contribution in [-0.4, -0.2) is 82.0 Å². The van der Waals surface area contributed by atoms with Crippen LogP contribution in [0.2, 0.25) is 0 Å². The highest BCUT2D eigenvalue weighted by Crippen LogP contribution is 2.09. The molecular weight excluding hydrogens is 471 g/mol. The summed E-state index contributed by atoms with van der Waals surface area (Å²) in [4.78, 5) is 10.4. The Morgan fingerprint density at radius 3 is 2.72 bits per heavy atom. The molecule has 1 aliphatic heterocycles. The number of hydrogen-bond donors (Lipinski definition) is 1. The van der Waals surface area contributed by atoms with Gasteiger partial charge in [0.15, 0.2) is 15.8 Å². The van der Waals surface area contributed by atoms with Crippen LogP contribution in [0, 0.1) is 0 Å². The van der Waals surface area contributed by atoms with Gasteiger partial charge in [0.1, 0.15) is 0 Å². The van der Waals surface area contributed by atoms with E-state index >= 15 is 0 Å². The zero-order valence-corrected chi connectivity index (χ0v) is 18.9.